The van der Waals surface area contributed by atoms with E-state index in [0.717, 1.165) is 16.5 Å². The maximum absolute atomic E-state index is 12.0. The SMILES string of the molecule is CCCOc1ccc(OCCOC(=O)c2ccc(S(=O)(=O)N(C)C)cc2)cc1. The zero-order valence-corrected chi connectivity index (χ0v) is 17.1. The summed E-state index contributed by atoms with van der Waals surface area (Å²) >= 11 is 0. The molecular formula is C20H25NO6S. The molecule has 0 aliphatic heterocycles. The monoisotopic (exact) mass is 407 g/mol. The number of hydrogen-bond acceptors (Lipinski definition) is 6. The summed E-state index contributed by atoms with van der Waals surface area (Å²) < 4.78 is 41.3. The van der Waals surface area contributed by atoms with Gasteiger partial charge in [-0.15, -0.1) is 0 Å². The molecule has 0 N–H and O–H groups in total. The van der Waals surface area contributed by atoms with Crippen LogP contribution in [0.25, 0.3) is 0 Å². The fraction of sp³-hybridized carbons (Fsp3) is 0.350. The van der Waals surface area contributed by atoms with E-state index >= 15 is 0 Å². The molecule has 0 aliphatic rings. The molecule has 0 saturated carbocycles. The van der Waals surface area contributed by atoms with Gasteiger partial charge in [-0.25, -0.2) is 17.5 Å². The Kier molecular flexibility index (Phi) is 7.83. The quantitative estimate of drug-likeness (QED) is 0.445. The minimum Gasteiger partial charge on any atom is -0.494 e. The predicted molar refractivity (Wildman–Crippen MR) is 105 cm³/mol. The van der Waals surface area contributed by atoms with Gasteiger partial charge in [0.15, 0.2) is 0 Å². The summed E-state index contributed by atoms with van der Waals surface area (Å²) in [5.41, 5.74) is 0.273. The van der Waals surface area contributed by atoms with Crippen LogP contribution in [0.15, 0.2) is 53.4 Å². The van der Waals surface area contributed by atoms with Crippen molar-refractivity contribution in [3.05, 3.63) is 54.1 Å². The number of benzene rings is 2. The molecule has 0 aromatic heterocycles. The maximum atomic E-state index is 12.0. The van der Waals surface area contributed by atoms with Crippen LogP contribution >= 0.6 is 0 Å². The van der Waals surface area contributed by atoms with E-state index in [1.54, 1.807) is 12.1 Å². The molecule has 2 rings (SSSR count). The lowest BCUT2D eigenvalue weighted by Gasteiger charge is -2.11. The van der Waals surface area contributed by atoms with Crippen LogP contribution in [-0.4, -0.2) is 52.6 Å². The van der Waals surface area contributed by atoms with Gasteiger partial charge in [-0.1, -0.05) is 6.92 Å². The van der Waals surface area contributed by atoms with Crippen LogP contribution < -0.4 is 9.47 Å². The third-order valence-electron chi connectivity index (χ3n) is 3.75. The number of ether oxygens (including phenoxy) is 3. The Hall–Kier alpha value is -2.58. The largest absolute Gasteiger partial charge is 0.494 e. The summed E-state index contributed by atoms with van der Waals surface area (Å²) in [6, 6.07) is 12.8. The fourth-order valence-corrected chi connectivity index (χ4v) is 3.10. The van der Waals surface area contributed by atoms with Gasteiger partial charge in [0.05, 0.1) is 17.1 Å². The Morgan fingerprint density at radius 3 is 1.89 bits per heavy atom. The van der Waals surface area contributed by atoms with Gasteiger partial charge >= 0.3 is 5.97 Å². The minimum absolute atomic E-state index is 0.0741. The smallest absolute Gasteiger partial charge is 0.338 e. The van der Waals surface area contributed by atoms with Gasteiger partial charge < -0.3 is 14.2 Å². The molecular weight excluding hydrogens is 382 g/mol. The third kappa shape index (κ3) is 5.97. The molecule has 8 heteroatoms. The first kappa shape index (κ1) is 21.7. The van der Waals surface area contributed by atoms with Crippen LogP contribution in [0.2, 0.25) is 0 Å². The van der Waals surface area contributed by atoms with E-state index in [4.69, 9.17) is 14.2 Å². The van der Waals surface area contributed by atoms with Crippen molar-refractivity contribution in [1.82, 2.24) is 4.31 Å². The van der Waals surface area contributed by atoms with Gasteiger partial charge in [0, 0.05) is 14.1 Å². The first-order valence-electron chi connectivity index (χ1n) is 8.90. The Morgan fingerprint density at radius 2 is 1.39 bits per heavy atom. The van der Waals surface area contributed by atoms with Gasteiger partial charge in [-0.2, -0.15) is 0 Å². The highest BCUT2D eigenvalue weighted by Gasteiger charge is 2.17. The van der Waals surface area contributed by atoms with E-state index in [0.29, 0.717) is 12.4 Å². The van der Waals surface area contributed by atoms with E-state index in [1.165, 1.54) is 38.4 Å². The van der Waals surface area contributed by atoms with Crippen molar-refractivity contribution < 1.29 is 27.4 Å². The number of hydrogen-bond donors (Lipinski definition) is 0. The highest BCUT2D eigenvalue weighted by Crippen LogP contribution is 2.18. The first-order valence-corrected chi connectivity index (χ1v) is 10.3. The second-order valence-electron chi connectivity index (χ2n) is 6.12. The summed E-state index contributed by atoms with van der Waals surface area (Å²) in [7, 11) is -0.632. The molecule has 0 atom stereocenters. The molecule has 0 amide bonds. The van der Waals surface area contributed by atoms with Crippen LogP contribution in [0.4, 0.5) is 0 Å². The number of esters is 1. The second-order valence-corrected chi connectivity index (χ2v) is 8.27. The molecule has 2 aromatic rings. The predicted octanol–water partition coefficient (Wildman–Crippen LogP) is 2.96. The lowest BCUT2D eigenvalue weighted by molar-refractivity contribution is 0.0450. The van der Waals surface area contributed by atoms with Crippen LogP contribution in [0.5, 0.6) is 11.5 Å². The molecule has 0 heterocycles. The van der Waals surface area contributed by atoms with E-state index in [2.05, 4.69) is 0 Å². The summed E-state index contributed by atoms with van der Waals surface area (Å²) in [4.78, 5) is 12.2. The van der Waals surface area contributed by atoms with Crippen LogP contribution in [-0.2, 0) is 14.8 Å². The number of rotatable bonds is 10. The summed E-state index contributed by atoms with van der Waals surface area (Å²) in [5.74, 6) is 0.888. The molecule has 0 fully saturated rings. The van der Waals surface area contributed by atoms with Crippen molar-refractivity contribution in [3.8, 4) is 11.5 Å². The van der Waals surface area contributed by atoms with Crippen molar-refractivity contribution in [1.29, 1.82) is 0 Å². The van der Waals surface area contributed by atoms with E-state index in [9.17, 15) is 13.2 Å². The topological polar surface area (TPSA) is 82.1 Å². The van der Waals surface area contributed by atoms with Crippen molar-refractivity contribution >= 4 is 16.0 Å². The normalized spacial score (nSPS) is 11.3. The molecule has 0 saturated heterocycles. The van der Waals surface area contributed by atoms with Gasteiger partial charge in [-0.3, -0.25) is 0 Å². The molecule has 28 heavy (non-hydrogen) atoms. The van der Waals surface area contributed by atoms with Crippen molar-refractivity contribution in [2.24, 2.45) is 0 Å². The van der Waals surface area contributed by atoms with Crippen molar-refractivity contribution in [3.63, 3.8) is 0 Å². The minimum atomic E-state index is -3.53. The second kappa shape index (κ2) is 10.1. The summed E-state index contributed by atoms with van der Waals surface area (Å²) in [5, 5.41) is 0. The average molecular weight is 407 g/mol. The third-order valence-corrected chi connectivity index (χ3v) is 5.58. The zero-order valence-electron chi connectivity index (χ0n) is 16.3. The van der Waals surface area contributed by atoms with Crippen molar-refractivity contribution in [2.75, 3.05) is 33.9 Å². The summed E-state index contributed by atoms with van der Waals surface area (Å²) in [6.45, 7) is 2.98. The fourth-order valence-electron chi connectivity index (χ4n) is 2.20. The number of sulfonamides is 1. The number of carbonyl (C=O) groups is 1. The molecule has 0 bridgehead atoms. The molecule has 152 valence electrons. The highest BCUT2D eigenvalue weighted by molar-refractivity contribution is 7.89. The summed E-state index contributed by atoms with van der Waals surface area (Å²) in [6.07, 6.45) is 0.942. The zero-order chi connectivity index (χ0) is 20.6. The lowest BCUT2D eigenvalue weighted by Crippen LogP contribution is -2.22. The maximum Gasteiger partial charge on any atom is 0.338 e. The lowest BCUT2D eigenvalue weighted by atomic mass is 10.2. The van der Waals surface area contributed by atoms with Gasteiger partial charge in [-0.05, 0) is 55.0 Å². The Labute approximate surface area is 165 Å². The molecule has 7 nitrogen and oxygen atoms in total. The van der Waals surface area contributed by atoms with Gasteiger partial charge in [0.25, 0.3) is 0 Å². The average Bonchev–Trinajstić information content (AvgIpc) is 2.70. The molecule has 0 unspecified atom stereocenters. The first-order chi connectivity index (χ1) is 13.3. The standard InChI is InChI=1S/C20H25NO6S/c1-4-13-25-17-7-9-18(10-8-17)26-14-15-27-20(22)16-5-11-19(12-6-16)28(23,24)21(2)3/h5-12H,4,13-15H2,1-3H3. The van der Waals surface area contributed by atoms with Crippen LogP contribution in [0.3, 0.4) is 0 Å². The Balaban J connectivity index is 1.79. The van der Waals surface area contributed by atoms with Crippen LogP contribution in [0.1, 0.15) is 23.7 Å². The number of nitrogens with zero attached hydrogens (tertiary/aromatic N) is 1. The number of carbonyl (C=O) groups excluding carboxylic acids is 1. The van der Waals surface area contributed by atoms with Gasteiger partial charge in [0.2, 0.25) is 10.0 Å². The van der Waals surface area contributed by atoms with E-state index in [1.807, 2.05) is 19.1 Å². The van der Waals surface area contributed by atoms with Gasteiger partial charge in [0.1, 0.15) is 24.7 Å². The Morgan fingerprint density at radius 1 is 0.857 bits per heavy atom. The van der Waals surface area contributed by atoms with Crippen molar-refractivity contribution in [2.45, 2.75) is 18.2 Å². The highest BCUT2D eigenvalue weighted by atomic mass is 32.2. The molecule has 2 aromatic carbocycles. The molecule has 0 radical (unpaired) electrons. The molecule has 0 aliphatic carbocycles. The Bertz CT molecular complexity index is 861. The van der Waals surface area contributed by atoms with E-state index in [-0.39, 0.29) is 23.7 Å². The van der Waals surface area contributed by atoms with Crippen LogP contribution in [0, 0.1) is 0 Å². The van der Waals surface area contributed by atoms with E-state index < -0.39 is 16.0 Å². The molecule has 0 spiro atoms.